The van der Waals surface area contributed by atoms with Crippen LogP contribution >= 0.6 is 0 Å². The van der Waals surface area contributed by atoms with E-state index >= 15 is 0 Å². The predicted octanol–water partition coefficient (Wildman–Crippen LogP) is 3.50. The lowest BCUT2D eigenvalue weighted by Gasteiger charge is -2.23. The molecule has 0 heterocycles. The zero-order chi connectivity index (χ0) is 16.2. The summed E-state index contributed by atoms with van der Waals surface area (Å²) in [6.45, 7) is 1.98. The van der Waals surface area contributed by atoms with Crippen LogP contribution in [0, 0.1) is 5.82 Å². The van der Waals surface area contributed by atoms with Crippen molar-refractivity contribution >= 4 is 5.91 Å². The molecule has 23 heavy (non-hydrogen) atoms. The minimum absolute atomic E-state index is 0.00679. The van der Waals surface area contributed by atoms with Gasteiger partial charge in [0.1, 0.15) is 11.9 Å². The van der Waals surface area contributed by atoms with E-state index in [0.29, 0.717) is 6.04 Å². The van der Waals surface area contributed by atoms with Crippen LogP contribution in [0.25, 0.3) is 0 Å². The summed E-state index contributed by atoms with van der Waals surface area (Å²) in [6.07, 6.45) is 2.11. The summed E-state index contributed by atoms with van der Waals surface area (Å²) in [5, 5.41) is 6.42. The van der Waals surface area contributed by atoms with E-state index in [0.717, 1.165) is 24.0 Å². The molecule has 0 spiro atoms. The van der Waals surface area contributed by atoms with E-state index < -0.39 is 6.04 Å². The molecule has 1 amide bonds. The SMILES string of the molecule is CC(NC(C(=O)NC1CC1)c1ccccc1)c1ccc(F)cc1. The van der Waals surface area contributed by atoms with Gasteiger partial charge in [-0.05, 0) is 43.0 Å². The summed E-state index contributed by atoms with van der Waals surface area (Å²) in [5.41, 5.74) is 1.88. The van der Waals surface area contributed by atoms with Crippen LogP contribution in [0.1, 0.15) is 43.0 Å². The molecular formula is C19H21FN2O. The maximum atomic E-state index is 13.1. The van der Waals surface area contributed by atoms with Gasteiger partial charge in [0, 0.05) is 12.1 Å². The lowest BCUT2D eigenvalue weighted by atomic mass is 10.0. The first-order chi connectivity index (χ1) is 11.1. The molecule has 0 radical (unpaired) electrons. The Hall–Kier alpha value is -2.20. The van der Waals surface area contributed by atoms with Gasteiger partial charge in [0.25, 0.3) is 0 Å². The highest BCUT2D eigenvalue weighted by molar-refractivity contribution is 5.83. The van der Waals surface area contributed by atoms with Crippen molar-refractivity contribution in [1.82, 2.24) is 10.6 Å². The highest BCUT2D eigenvalue weighted by Crippen LogP contribution is 2.23. The quantitative estimate of drug-likeness (QED) is 0.857. The maximum Gasteiger partial charge on any atom is 0.241 e. The van der Waals surface area contributed by atoms with Crippen molar-refractivity contribution in [2.24, 2.45) is 0 Å². The summed E-state index contributed by atoms with van der Waals surface area (Å²) in [4.78, 5) is 12.6. The molecule has 3 rings (SSSR count). The van der Waals surface area contributed by atoms with Crippen LogP contribution in [0.2, 0.25) is 0 Å². The third kappa shape index (κ3) is 4.17. The lowest BCUT2D eigenvalue weighted by Crippen LogP contribution is -2.39. The fourth-order valence-corrected chi connectivity index (χ4v) is 2.58. The van der Waals surface area contributed by atoms with Crippen molar-refractivity contribution in [3.8, 4) is 0 Å². The molecule has 0 bridgehead atoms. The molecule has 1 fully saturated rings. The normalized spacial score (nSPS) is 16.6. The molecule has 2 aromatic rings. The molecule has 120 valence electrons. The van der Waals surface area contributed by atoms with Gasteiger partial charge < -0.3 is 5.32 Å². The molecule has 1 saturated carbocycles. The molecule has 0 aromatic heterocycles. The largest absolute Gasteiger partial charge is 0.352 e. The van der Waals surface area contributed by atoms with Crippen LogP contribution in [-0.4, -0.2) is 11.9 Å². The molecule has 2 unspecified atom stereocenters. The topological polar surface area (TPSA) is 41.1 Å². The monoisotopic (exact) mass is 312 g/mol. The van der Waals surface area contributed by atoms with Gasteiger partial charge in [-0.25, -0.2) is 4.39 Å². The summed E-state index contributed by atoms with van der Waals surface area (Å²) in [6, 6.07) is 15.9. The number of amides is 1. The van der Waals surface area contributed by atoms with E-state index in [2.05, 4.69) is 10.6 Å². The third-order valence-corrected chi connectivity index (χ3v) is 4.11. The smallest absolute Gasteiger partial charge is 0.241 e. The maximum absolute atomic E-state index is 13.1. The zero-order valence-electron chi connectivity index (χ0n) is 13.1. The second-order valence-corrected chi connectivity index (χ2v) is 6.07. The predicted molar refractivity (Wildman–Crippen MR) is 88.3 cm³/mol. The van der Waals surface area contributed by atoms with Gasteiger partial charge in [0.05, 0.1) is 0 Å². The van der Waals surface area contributed by atoms with E-state index in [4.69, 9.17) is 0 Å². The molecule has 0 aliphatic heterocycles. The summed E-state index contributed by atoms with van der Waals surface area (Å²) < 4.78 is 13.1. The van der Waals surface area contributed by atoms with Crippen molar-refractivity contribution in [2.75, 3.05) is 0 Å². The second-order valence-electron chi connectivity index (χ2n) is 6.07. The van der Waals surface area contributed by atoms with Crippen LogP contribution in [0.3, 0.4) is 0 Å². The Kier molecular flexibility index (Phi) is 4.72. The average molecular weight is 312 g/mol. The van der Waals surface area contributed by atoms with Crippen LogP contribution in [0.15, 0.2) is 54.6 Å². The number of nitrogens with one attached hydrogen (secondary N) is 2. The Morgan fingerprint density at radius 1 is 1.04 bits per heavy atom. The average Bonchev–Trinajstić information content (AvgIpc) is 3.37. The number of benzene rings is 2. The molecule has 4 heteroatoms. The summed E-state index contributed by atoms with van der Waals surface area (Å²) in [7, 11) is 0. The molecular weight excluding hydrogens is 291 g/mol. The van der Waals surface area contributed by atoms with Gasteiger partial charge >= 0.3 is 0 Å². The molecule has 1 aliphatic carbocycles. The second kappa shape index (κ2) is 6.92. The van der Waals surface area contributed by atoms with Crippen LogP contribution < -0.4 is 10.6 Å². The zero-order valence-corrected chi connectivity index (χ0v) is 13.1. The van der Waals surface area contributed by atoms with Gasteiger partial charge in [0.15, 0.2) is 0 Å². The number of hydrogen-bond acceptors (Lipinski definition) is 2. The number of halogens is 1. The third-order valence-electron chi connectivity index (χ3n) is 4.11. The highest BCUT2D eigenvalue weighted by Gasteiger charge is 2.29. The Morgan fingerprint density at radius 3 is 2.30 bits per heavy atom. The minimum Gasteiger partial charge on any atom is -0.352 e. The summed E-state index contributed by atoms with van der Waals surface area (Å²) >= 11 is 0. The molecule has 1 aliphatic rings. The van der Waals surface area contributed by atoms with Crippen LogP contribution in [0.5, 0.6) is 0 Å². The van der Waals surface area contributed by atoms with E-state index in [1.54, 1.807) is 12.1 Å². The van der Waals surface area contributed by atoms with E-state index in [1.807, 2.05) is 37.3 Å². The van der Waals surface area contributed by atoms with Crippen molar-refractivity contribution in [3.63, 3.8) is 0 Å². The number of carbonyl (C=O) groups excluding carboxylic acids is 1. The number of carbonyl (C=O) groups is 1. The number of hydrogen-bond donors (Lipinski definition) is 2. The van der Waals surface area contributed by atoms with Crippen molar-refractivity contribution in [3.05, 3.63) is 71.5 Å². The fourth-order valence-electron chi connectivity index (χ4n) is 2.58. The minimum atomic E-state index is -0.420. The summed E-state index contributed by atoms with van der Waals surface area (Å²) in [5.74, 6) is -0.264. The van der Waals surface area contributed by atoms with Crippen LogP contribution in [-0.2, 0) is 4.79 Å². The molecule has 2 N–H and O–H groups in total. The molecule has 2 atom stereocenters. The van der Waals surface area contributed by atoms with Gasteiger partial charge in [-0.3, -0.25) is 10.1 Å². The van der Waals surface area contributed by atoms with Crippen LogP contribution in [0.4, 0.5) is 4.39 Å². The Bertz CT molecular complexity index is 653. The molecule has 3 nitrogen and oxygen atoms in total. The van der Waals surface area contributed by atoms with Crippen molar-refractivity contribution in [2.45, 2.75) is 37.9 Å². The molecule has 0 saturated heterocycles. The van der Waals surface area contributed by atoms with Gasteiger partial charge in [0.2, 0.25) is 5.91 Å². The van der Waals surface area contributed by atoms with Gasteiger partial charge in [-0.2, -0.15) is 0 Å². The van der Waals surface area contributed by atoms with Crippen molar-refractivity contribution in [1.29, 1.82) is 0 Å². The van der Waals surface area contributed by atoms with Gasteiger partial charge in [-0.15, -0.1) is 0 Å². The van der Waals surface area contributed by atoms with E-state index in [-0.39, 0.29) is 17.8 Å². The Labute approximate surface area is 135 Å². The number of rotatable bonds is 6. The Morgan fingerprint density at radius 2 is 1.70 bits per heavy atom. The fraction of sp³-hybridized carbons (Fsp3) is 0.316. The Balaban J connectivity index is 1.77. The van der Waals surface area contributed by atoms with E-state index in [9.17, 15) is 9.18 Å². The molecule has 2 aromatic carbocycles. The lowest BCUT2D eigenvalue weighted by molar-refractivity contribution is -0.123. The highest BCUT2D eigenvalue weighted by atomic mass is 19.1. The van der Waals surface area contributed by atoms with E-state index in [1.165, 1.54) is 12.1 Å². The van der Waals surface area contributed by atoms with Crippen molar-refractivity contribution < 1.29 is 9.18 Å². The first-order valence-corrected chi connectivity index (χ1v) is 8.00. The van der Waals surface area contributed by atoms with Gasteiger partial charge in [-0.1, -0.05) is 42.5 Å². The first-order valence-electron chi connectivity index (χ1n) is 8.00. The standard InChI is InChI=1S/C19H21FN2O/c1-13(14-7-9-16(20)10-8-14)21-18(15-5-3-2-4-6-15)19(23)22-17-11-12-17/h2-10,13,17-18,21H,11-12H2,1H3,(H,22,23). The first kappa shape index (κ1) is 15.7.